The number of halogens is 1. The van der Waals surface area contributed by atoms with Crippen LogP contribution in [0.2, 0.25) is 0 Å². The summed E-state index contributed by atoms with van der Waals surface area (Å²) in [4.78, 5) is 56.1. The molecule has 0 fully saturated rings. The first-order valence-electron chi connectivity index (χ1n) is 18.0. The number of anilines is 1. The molecule has 0 aliphatic rings. The second kappa shape index (κ2) is 21.3. The Morgan fingerprint density at radius 2 is 1.50 bits per heavy atom. The lowest BCUT2D eigenvalue weighted by atomic mass is 9.94. The van der Waals surface area contributed by atoms with Crippen LogP contribution in [-0.2, 0) is 30.5 Å². The first-order chi connectivity index (χ1) is 26.8. The third kappa shape index (κ3) is 12.9. The zero-order valence-electron chi connectivity index (χ0n) is 31.0. The number of nitrogens with zero attached hydrogens (tertiary/aromatic N) is 3. The number of hydrogen-bond acceptors (Lipinski definition) is 12. The number of hydrogen-bond donors (Lipinski definition) is 3. The molecule has 4 rings (SSSR count). The average Bonchev–Trinajstić information content (AvgIpc) is 3.50. The number of amides is 1. The van der Waals surface area contributed by atoms with Crippen LogP contribution in [0.25, 0.3) is 22.4 Å². The normalized spacial score (nSPS) is 12.8. The topological polar surface area (TPSA) is 215 Å². The number of esters is 1. The summed E-state index contributed by atoms with van der Waals surface area (Å²) in [7, 11) is 0. The minimum Gasteiger partial charge on any atom is -0.463 e. The maximum Gasteiger partial charge on any atom is 0.308 e. The van der Waals surface area contributed by atoms with Gasteiger partial charge in [-0.3, -0.25) is 9.59 Å². The molecule has 56 heavy (non-hydrogen) atoms. The Balaban J connectivity index is 1.46. The van der Waals surface area contributed by atoms with Crippen LogP contribution < -0.4 is 5.32 Å². The van der Waals surface area contributed by atoms with E-state index in [1.165, 1.54) is 12.1 Å². The predicted molar refractivity (Wildman–Crippen MR) is 201 cm³/mol. The molecule has 1 amide bonds. The maximum absolute atomic E-state index is 14.2. The molecule has 0 bridgehead atoms. The molecule has 1 unspecified atom stereocenters. The third-order valence-corrected chi connectivity index (χ3v) is 8.59. The van der Waals surface area contributed by atoms with Crippen molar-refractivity contribution in [2.45, 2.75) is 70.3 Å². The number of ether oxygens (including phenoxy) is 2. The zero-order valence-corrected chi connectivity index (χ0v) is 31.0. The highest BCUT2D eigenvalue weighted by Crippen LogP contribution is 2.42. The van der Waals surface area contributed by atoms with Gasteiger partial charge in [-0.2, -0.15) is 0 Å². The molecule has 1 heterocycles. The van der Waals surface area contributed by atoms with Crippen LogP contribution in [-0.4, -0.2) is 81.6 Å². The van der Waals surface area contributed by atoms with Gasteiger partial charge in [0, 0.05) is 23.5 Å². The van der Waals surface area contributed by atoms with Crippen LogP contribution in [0.15, 0.2) is 84.9 Å². The highest BCUT2D eigenvalue weighted by atomic mass is 19.1. The Labute approximate surface area is 322 Å². The summed E-state index contributed by atoms with van der Waals surface area (Å²) in [5, 5.41) is 43.6. The Hall–Kier alpha value is -5.91. The van der Waals surface area contributed by atoms with E-state index in [0.29, 0.717) is 33.8 Å². The summed E-state index contributed by atoms with van der Waals surface area (Å²) in [6.07, 6.45) is -4.19. The summed E-state index contributed by atoms with van der Waals surface area (Å²) in [6.45, 7) is 2.90. The van der Waals surface area contributed by atoms with Crippen molar-refractivity contribution in [2.24, 2.45) is 0 Å². The van der Waals surface area contributed by atoms with E-state index < -0.39 is 53.3 Å². The van der Waals surface area contributed by atoms with Crippen molar-refractivity contribution in [2.75, 3.05) is 31.7 Å². The fourth-order valence-electron chi connectivity index (χ4n) is 6.23. The van der Waals surface area contributed by atoms with Crippen LogP contribution in [0, 0.1) is 26.0 Å². The van der Waals surface area contributed by atoms with Crippen molar-refractivity contribution >= 4 is 17.6 Å². The van der Waals surface area contributed by atoms with Gasteiger partial charge in [0.15, 0.2) is 0 Å². The number of aliphatic hydroxyl groups excluding tert-OH is 2. The van der Waals surface area contributed by atoms with Crippen LogP contribution in [0.4, 0.5) is 10.1 Å². The lowest BCUT2D eigenvalue weighted by molar-refractivity contribution is -0.774. The third-order valence-electron chi connectivity index (χ3n) is 8.59. The smallest absolute Gasteiger partial charge is 0.308 e. The molecular formula is C39H45FN4O12. The minimum absolute atomic E-state index is 0.122. The highest BCUT2D eigenvalue weighted by Gasteiger charge is 2.31. The molecule has 17 heteroatoms. The molecule has 0 radical (unpaired) electrons. The van der Waals surface area contributed by atoms with Gasteiger partial charge in [-0.1, -0.05) is 62.4 Å². The van der Waals surface area contributed by atoms with Crippen molar-refractivity contribution in [3.05, 3.63) is 122 Å². The van der Waals surface area contributed by atoms with Gasteiger partial charge in [0.25, 0.3) is 16.1 Å². The molecule has 300 valence electrons. The van der Waals surface area contributed by atoms with Gasteiger partial charge in [-0.15, -0.1) is 20.2 Å². The zero-order chi connectivity index (χ0) is 40.6. The highest BCUT2D eigenvalue weighted by molar-refractivity contribution is 6.12. The number of carbonyl (C=O) groups is 2. The van der Waals surface area contributed by atoms with E-state index in [4.69, 9.17) is 9.47 Å². The molecule has 0 aliphatic carbocycles. The van der Waals surface area contributed by atoms with E-state index in [1.54, 1.807) is 24.3 Å². The van der Waals surface area contributed by atoms with Gasteiger partial charge >= 0.3 is 5.97 Å². The minimum atomic E-state index is -1.27. The van der Waals surface area contributed by atoms with Gasteiger partial charge in [0.1, 0.15) is 18.5 Å². The van der Waals surface area contributed by atoms with E-state index in [0.717, 1.165) is 5.56 Å². The molecule has 0 aliphatic heterocycles. The molecule has 16 nitrogen and oxygen atoms in total. The fourth-order valence-corrected chi connectivity index (χ4v) is 6.23. The van der Waals surface area contributed by atoms with E-state index in [1.807, 2.05) is 66.9 Å². The second-order valence-electron chi connectivity index (χ2n) is 13.1. The number of aromatic nitrogens is 1. The molecule has 0 saturated heterocycles. The number of aliphatic hydroxyl groups is 2. The number of rotatable bonds is 23. The Bertz CT molecular complexity index is 1890. The summed E-state index contributed by atoms with van der Waals surface area (Å²) in [6, 6.07) is 24.4. The standard InChI is InChI=1S/C39H45FN4O12/c1-26(2)37-36(39(48)41-30-11-7-4-8-12-30)35(27-9-5-3-6-10-27)38(28-13-15-29(40)16-14-28)42(37)19-17-31(45)23-32(46)24-34(47)54-22-21-53-25-33(56-44(51)52)18-20-55-43(49)50/h3-16,26,31-33,45-46H,17-25H2,1-2H3,(H,41,48)/t31-,32-,33?/m1/s1. The SMILES string of the molecule is CC(C)c1c(C(=O)Nc2ccccc2)c(-c2ccccc2)c(-c2ccc(F)cc2)n1CC[C@@H](O)C[C@@H](O)CC(=O)OCCOCC(CCO[N+](=O)[O-])O[N+](=O)[O-]. The van der Waals surface area contributed by atoms with E-state index in [9.17, 15) is 44.4 Å². The maximum atomic E-state index is 14.2. The number of para-hydroxylation sites is 1. The molecule has 3 aromatic carbocycles. The second-order valence-corrected chi connectivity index (χ2v) is 13.1. The molecule has 4 aromatic rings. The fraction of sp³-hybridized carbons (Fsp3) is 0.385. The average molecular weight is 781 g/mol. The van der Waals surface area contributed by atoms with Crippen molar-refractivity contribution in [1.82, 2.24) is 4.57 Å². The summed E-state index contributed by atoms with van der Waals surface area (Å²) in [5.41, 5.74) is 4.43. The molecular weight excluding hydrogens is 735 g/mol. The lowest BCUT2D eigenvalue weighted by Crippen LogP contribution is -2.26. The quantitative estimate of drug-likeness (QED) is 0.0344. The summed E-state index contributed by atoms with van der Waals surface area (Å²) >= 11 is 0. The Morgan fingerprint density at radius 3 is 2.12 bits per heavy atom. The lowest BCUT2D eigenvalue weighted by Gasteiger charge is -2.20. The van der Waals surface area contributed by atoms with Gasteiger partial charge < -0.3 is 39.2 Å². The van der Waals surface area contributed by atoms with E-state index in [-0.39, 0.29) is 57.5 Å². The number of nitrogens with one attached hydrogen (secondary N) is 1. The number of benzene rings is 3. The Kier molecular flexibility index (Phi) is 16.3. The molecule has 1 aromatic heterocycles. The van der Waals surface area contributed by atoms with E-state index in [2.05, 4.69) is 15.0 Å². The Morgan fingerprint density at radius 1 is 0.839 bits per heavy atom. The number of carbonyl (C=O) groups excluding carboxylic acids is 2. The van der Waals surface area contributed by atoms with Crippen molar-refractivity contribution < 1.29 is 53.5 Å². The van der Waals surface area contributed by atoms with Crippen LogP contribution in [0.5, 0.6) is 0 Å². The molecule has 0 saturated carbocycles. The molecule has 3 atom stereocenters. The monoisotopic (exact) mass is 780 g/mol. The van der Waals surface area contributed by atoms with Crippen molar-refractivity contribution in [3.8, 4) is 22.4 Å². The van der Waals surface area contributed by atoms with E-state index >= 15 is 0 Å². The van der Waals surface area contributed by atoms with Gasteiger partial charge in [-0.25, -0.2) is 4.39 Å². The first-order valence-corrected chi connectivity index (χ1v) is 18.0. The van der Waals surface area contributed by atoms with Crippen LogP contribution in [0.1, 0.15) is 61.5 Å². The molecule has 3 N–H and O–H groups in total. The first kappa shape index (κ1) is 42.8. The van der Waals surface area contributed by atoms with Crippen molar-refractivity contribution in [3.63, 3.8) is 0 Å². The predicted octanol–water partition coefficient (Wildman–Crippen LogP) is 5.96. The van der Waals surface area contributed by atoms with Gasteiger partial charge in [0.05, 0.1) is 49.7 Å². The van der Waals surface area contributed by atoms with Gasteiger partial charge in [-0.05, 0) is 72.7 Å². The summed E-state index contributed by atoms with van der Waals surface area (Å²) in [5.74, 6) is -1.73. The summed E-state index contributed by atoms with van der Waals surface area (Å²) < 4.78 is 26.4. The van der Waals surface area contributed by atoms with Crippen LogP contribution in [0.3, 0.4) is 0 Å². The van der Waals surface area contributed by atoms with Crippen molar-refractivity contribution in [1.29, 1.82) is 0 Å². The molecule has 0 spiro atoms. The van der Waals surface area contributed by atoms with Crippen LogP contribution >= 0.6 is 0 Å². The largest absolute Gasteiger partial charge is 0.463 e. The van der Waals surface area contributed by atoms with Gasteiger partial charge in [0.2, 0.25) is 0 Å².